The molecule has 146 valence electrons. The monoisotopic (exact) mass is 381 g/mol. The first kappa shape index (κ1) is 18.0. The highest BCUT2D eigenvalue weighted by molar-refractivity contribution is 5.97. The number of hydrogen-bond donors (Lipinski definition) is 3. The molecule has 0 radical (unpaired) electrons. The van der Waals surface area contributed by atoms with Gasteiger partial charge in [0.15, 0.2) is 5.66 Å². The molecule has 1 spiro atoms. The summed E-state index contributed by atoms with van der Waals surface area (Å²) in [7, 11) is 1.92. The zero-order valence-corrected chi connectivity index (χ0v) is 16.2. The van der Waals surface area contributed by atoms with Gasteiger partial charge < -0.3 is 21.3 Å². The zero-order valence-electron chi connectivity index (χ0n) is 16.2. The Balaban J connectivity index is 1.90. The second-order valence-corrected chi connectivity index (χ2v) is 7.37. The molecule has 1 atom stereocenters. The SMILES string of the molecule is C=C1N(C)CCC[C@@]12NC(=O)c1c(C)cc(Nc3ncnc(N)c3C)c(=O)n12. The predicted octanol–water partition coefficient (Wildman–Crippen LogP) is 1.22. The molecular weight excluding hydrogens is 358 g/mol. The molecule has 2 aliphatic heterocycles. The first-order valence-electron chi connectivity index (χ1n) is 9.10. The van der Waals surface area contributed by atoms with Crippen LogP contribution in [0.3, 0.4) is 0 Å². The van der Waals surface area contributed by atoms with E-state index in [1.807, 2.05) is 18.9 Å². The molecule has 0 bridgehead atoms. The lowest BCUT2D eigenvalue weighted by atomic mass is 9.95. The van der Waals surface area contributed by atoms with E-state index in [1.165, 1.54) is 6.33 Å². The number of nitrogen functional groups attached to an aromatic ring is 1. The summed E-state index contributed by atoms with van der Waals surface area (Å²) in [4.78, 5) is 36.3. The summed E-state index contributed by atoms with van der Waals surface area (Å²) in [6.07, 6.45) is 2.78. The maximum Gasteiger partial charge on any atom is 0.277 e. The van der Waals surface area contributed by atoms with Gasteiger partial charge in [-0.2, -0.15) is 0 Å². The Labute approximate surface area is 162 Å². The Morgan fingerprint density at radius 2 is 2.07 bits per heavy atom. The molecule has 4 rings (SSSR count). The van der Waals surface area contributed by atoms with Crippen molar-refractivity contribution in [1.82, 2.24) is 24.8 Å². The third-order valence-corrected chi connectivity index (χ3v) is 5.66. The van der Waals surface area contributed by atoms with Crippen molar-refractivity contribution < 1.29 is 4.79 Å². The number of amides is 1. The van der Waals surface area contributed by atoms with E-state index in [-0.39, 0.29) is 11.5 Å². The normalized spacial score (nSPS) is 21.0. The number of piperidine rings is 1. The number of hydrogen-bond acceptors (Lipinski definition) is 7. The summed E-state index contributed by atoms with van der Waals surface area (Å²) in [5.41, 5.74) is 7.32. The molecule has 9 heteroatoms. The van der Waals surface area contributed by atoms with Crippen LogP contribution in [0.2, 0.25) is 0 Å². The van der Waals surface area contributed by atoms with Gasteiger partial charge >= 0.3 is 0 Å². The van der Waals surface area contributed by atoms with Crippen molar-refractivity contribution in [3.63, 3.8) is 0 Å². The number of anilines is 3. The summed E-state index contributed by atoms with van der Waals surface area (Å²) >= 11 is 0. The quantitative estimate of drug-likeness (QED) is 0.716. The number of nitrogens with one attached hydrogen (secondary N) is 2. The molecule has 4 N–H and O–H groups in total. The molecule has 0 aromatic carbocycles. The zero-order chi connectivity index (χ0) is 20.2. The highest BCUT2D eigenvalue weighted by Crippen LogP contribution is 2.38. The van der Waals surface area contributed by atoms with Crippen LogP contribution in [0.4, 0.5) is 17.3 Å². The van der Waals surface area contributed by atoms with Gasteiger partial charge in [-0.25, -0.2) is 9.97 Å². The highest BCUT2D eigenvalue weighted by atomic mass is 16.2. The van der Waals surface area contributed by atoms with Crippen LogP contribution >= 0.6 is 0 Å². The van der Waals surface area contributed by atoms with Crippen LogP contribution in [0.5, 0.6) is 0 Å². The maximum absolute atomic E-state index is 13.5. The summed E-state index contributed by atoms with van der Waals surface area (Å²) in [6.45, 7) is 8.59. The van der Waals surface area contributed by atoms with E-state index in [4.69, 9.17) is 5.73 Å². The van der Waals surface area contributed by atoms with E-state index in [0.29, 0.717) is 46.3 Å². The molecule has 2 aromatic rings. The summed E-state index contributed by atoms with van der Waals surface area (Å²) in [5, 5.41) is 6.09. The Morgan fingerprint density at radius 3 is 2.82 bits per heavy atom. The fourth-order valence-electron chi connectivity index (χ4n) is 4.04. The van der Waals surface area contributed by atoms with E-state index in [0.717, 1.165) is 13.0 Å². The maximum atomic E-state index is 13.5. The number of aromatic nitrogens is 3. The van der Waals surface area contributed by atoms with Crippen molar-refractivity contribution in [1.29, 1.82) is 0 Å². The second kappa shape index (κ2) is 6.08. The van der Waals surface area contributed by atoms with Gasteiger partial charge in [-0.3, -0.25) is 14.2 Å². The number of carbonyl (C=O) groups excluding carboxylic acids is 1. The molecule has 2 aromatic heterocycles. The lowest BCUT2D eigenvalue weighted by Gasteiger charge is -2.42. The van der Waals surface area contributed by atoms with Crippen LogP contribution in [-0.4, -0.2) is 38.9 Å². The van der Waals surface area contributed by atoms with Crippen LogP contribution in [0.1, 0.15) is 34.5 Å². The minimum absolute atomic E-state index is 0.264. The molecule has 0 saturated carbocycles. The van der Waals surface area contributed by atoms with Gasteiger partial charge in [0.2, 0.25) is 0 Å². The number of likely N-dealkylation sites (tertiary alicyclic amines) is 1. The van der Waals surface area contributed by atoms with E-state index < -0.39 is 5.66 Å². The second-order valence-electron chi connectivity index (χ2n) is 7.37. The van der Waals surface area contributed by atoms with Crippen molar-refractivity contribution in [3.8, 4) is 0 Å². The number of carbonyl (C=O) groups is 1. The van der Waals surface area contributed by atoms with E-state index in [2.05, 4.69) is 27.2 Å². The Morgan fingerprint density at radius 1 is 1.32 bits per heavy atom. The molecule has 1 fully saturated rings. The van der Waals surface area contributed by atoms with Crippen LogP contribution in [0.25, 0.3) is 0 Å². The van der Waals surface area contributed by atoms with Gasteiger partial charge in [0, 0.05) is 19.2 Å². The number of aryl methyl sites for hydroxylation is 1. The fraction of sp³-hybridized carbons (Fsp3) is 0.368. The number of likely N-dealkylation sites (N-methyl/N-ethyl adjacent to an activating group) is 1. The average molecular weight is 381 g/mol. The van der Waals surface area contributed by atoms with E-state index >= 15 is 0 Å². The predicted molar refractivity (Wildman–Crippen MR) is 106 cm³/mol. The molecule has 1 amide bonds. The first-order valence-corrected chi connectivity index (χ1v) is 9.10. The minimum atomic E-state index is -0.946. The minimum Gasteiger partial charge on any atom is -0.383 e. The van der Waals surface area contributed by atoms with Crippen molar-refractivity contribution >= 4 is 23.2 Å². The Bertz CT molecular complexity index is 1070. The summed E-state index contributed by atoms with van der Waals surface area (Å²) in [5.74, 6) is 0.529. The molecule has 1 saturated heterocycles. The fourth-order valence-corrected chi connectivity index (χ4v) is 4.04. The first-order chi connectivity index (χ1) is 13.3. The number of rotatable bonds is 2. The molecular formula is C19H23N7O2. The van der Waals surface area contributed by atoms with Crippen molar-refractivity contribution in [2.45, 2.75) is 32.4 Å². The van der Waals surface area contributed by atoms with E-state index in [1.54, 1.807) is 17.6 Å². The number of pyridine rings is 1. The summed E-state index contributed by atoms with van der Waals surface area (Å²) in [6, 6.07) is 1.67. The number of nitrogens with two attached hydrogens (primary N) is 1. The topological polar surface area (TPSA) is 118 Å². The molecule has 4 heterocycles. The molecule has 28 heavy (non-hydrogen) atoms. The van der Waals surface area contributed by atoms with Crippen molar-refractivity contribution in [2.24, 2.45) is 0 Å². The lowest BCUT2D eigenvalue weighted by molar-refractivity contribution is 0.0887. The lowest BCUT2D eigenvalue weighted by Crippen LogP contribution is -2.55. The third-order valence-electron chi connectivity index (χ3n) is 5.66. The van der Waals surface area contributed by atoms with E-state index in [9.17, 15) is 9.59 Å². The Hall–Kier alpha value is -3.36. The van der Waals surface area contributed by atoms with Gasteiger partial charge in [0.25, 0.3) is 11.5 Å². The molecule has 0 unspecified atom stereocenters. The van der Waals surface area contributed by atoms with Gasteiger partial charge in [-0.1, -0.05) is 6.58 Å². The van der Waals surface area contributed by atoms with Crippen LogP contribution in [-0.2, 0) is 5.66 Å². The average Bonchev–Trinajstić information content (AvgIpc) is 2.95. The standard InChI is InChI=1S/C19H23N7O2/c1-10-8-13(23-16-11(2)15(20)21-9-22-16)18(28)26-14(10)17(27)24-19(26)6-5-7-25(4)12(19)3/h8-9H,3,5-7H2,1-2,4H3,(H,24,27)(H3,20,21,22,23)/t19-/m0/s1. The highest BCUT2D eigenvalue weighted by Gasteiger charge is 2.49. The van der Waals surface area contributed by atoms with Gasteiger partial charge in [0.05, 0.1) is 5.70 Å². The van der Waals surface area contributed by atoms with Crippen molar-refractivity contribution in [3.05, 3.63) is 51.8 Å². The van der Waals surface area contributed by atoms with Crippen LogP contribution < -0.4 is 21.9 Å². The largest absolute Gasteiger partial charge is 0.383 e. The molecule has 0 aliphatic carbocycles. The Kier molecular flexibility index (Phi) is 3.91. The van der Waals surface area contributed by atoms with Crippen molar-refractivity contribution in [2.75, 3.05) is 24.6 Å². The van der Waals surface area contributed by atoms with Gasteiger partial charge in [-0.15, -0.1) is 0 Å². The van der Waals surface area contributed by atoms with Gasteiger partial charge in [0.1, 0.15) is 29.3 Å². The summed E-state index contributed by atoms with van der Waals surface area (Å²) < 4.78 is 1.55. The number of fused-ring (bicyclic) bond motifs is 2. The van der Waals surface area contributed by atoms with Crippen LogP contribution in [0, 0.1) is 13.8 Å². The number of nitrogens with zero attached hydrogens (tertiary/aromatic N) is 4. The third kappa shape index (κ3) is 2.39. The van der Waals surface area contributed by atoms with Gasteiger partial charge in [-0.05, 0) is 38.3 Å². The molecule has 9 nitrogen and oxygen atoms in total. The van der Waals surface area contributed by atoms with Crippen LogP contribution in [0.15, 0.2) is 29.5 Å². The molecule has 2 aliphatic rings. The smallest absolute Gasteiger partial charge is 0.277 e.